The number of hydrogen-bond donors (Lipinski definition) is 4. The molecule has 0 spiro atoms. The van der Waals surface area contributed by atoms with Crippen molar-refractivity contribution in [3.63, 3.8) is 0 Å². The maximum atomic E-state index is 11.8. The van der Waals surface area contributed by atoms with Crippen LogP contribution in [0.3, 0.4) is 0 Å². The van der Waals surface area contributed by atoms with Gasteiger partial charge >= 0.3 is 5.97 Å². The number of unbranched alkanes of at least 4 members (excludes halogenated alkanes) is 7. The van der Waals surface area contributed by atoms with E-state index in [0.29, 0.717) is 19.5 Å². The first-order valence-corrected chi connectivity index (χ1v) is 8.44. The monoisotopic (exact) mass is 497 g/mol. The normalized spacial score (nSPS) is 11.2. The van der Waals surface area contributed by atoms with Gasteiger partial charge in [0.1, 0.15) is 0 Å². The number of aliphatic carboxylic acids is 1. The molecule has 0 aliphatic rings. The van der Waals surface area contributed by atoms with Gasteiger partial charge in [0, 0.05) is 49.8 Å². The standard InChI is InChI=1S/C16H30N3O4.Tm/c17-11-10-14(19-13-20)16(23)18-12-8-6-4-2-1-3-5-7-9-15(21)22;/h14H,1-12,17H2,(H,18,23)(H,19,20)(H,21,22);/q-1;/t14-;/m0./s1. The molecular weight excluding hydrogens is 467 g/mol. The Morgan fingerprint density at radius 2 is 1.54 bits per heavy atom. The second kappa shape index (κ2) is 18.9. The molecule has 2 amide bonds. The molecule has 1 radical (unpaired) electrons. The molecule has 0 aromatic carbocycles. The van der Waals surface area contributed by atoms with Gasteiger partial charge in [0.25, 0.3) is 0 Å². The molecule has 147 valence electrons. The van der Waals surface area contributed by atoms with Crippen LogP contribution in [-0.4, -0.2) is 42.5 Å². The molecule has 24 heavy (non-hydrogen) atoms. The summed E-state index contributed by atoms with van der Waals surface area (Å²) in [6.45, 7) is 0.929. The number of hydrogen-bond acceptors (Lipinski definition) is 4. The quantitative estimate of drug-likeness (QED) is 0.145. The molecule has 0 unspecified atom stereocenters. The second-order valence-electron chi connectivity index (χ2n) is 5.64. The molecule has 5 N–H and O–H groups in total. The molecule has 0 aromatic rings. The number of carboxylic acid groups (broad SMARTS) is 1. The average molecular weight is 497 g/mol. The Morgan fingerprint density at radius 1 is 1.00 bits per heavy atom. The van der Waals surface area contributed by atoms with E-state index in [4.69, 9.17) is 10.8 Å². The van der Waals surface area contributed by atoms with Gasteiger partial charge in [-0.05, 0) is 25.8 Å². The average Bonchev–Trinajstić information content (AvgIpc) is 2.51. The van der Waals surface area contributed by atoms with Crippen LogP contribution in [0.2, 0.25) is 0 Å². The number of amides is 2. The third kappa shape index (κ3) is 16.5. The number of carboxylic acids is 1. The van der Waals surface area contributed by atoms with Gasteiger partial charge in [0.05, 0.1) is 6.04 Å². The van der Waals surface area contributed by atoms with Crippen molar-refractivity contribution >= 4 is 18.3 Å². The van der Waals surface area contributed by atoms with Crippen LogP contribution in [0.1, 0.15) is 64.2 Å². The van der Waals surface area contributed by atoms with Crippen LogP contribution >= 0.6 is 0 Å². The van der Waals surface area contributed by atoms with Gasteiger partial charge in [-0.15, -0.1) is 0 Å². The minimum atomic E-state index is -0.720. The summed E-state index contributed by atoms with van der Waals surface area (Å²) < 4.78 is 0. The molecule has 0 aliphatic carbocycles. The van der Waals surface area contributed by atoms with Crippen molar-refractivity contribution in [1.29, 1.82) is 0 Å². The summed E-state index contributed by atoms with van der Waals surface area (Å²) in [6, 6.07) is -0.594. The van der Waals surface area contributed by atoms with E-state index in [1.807, 2.05) is 0 Å². The fraction of sp³-hybridized carbons (Fsp3) is 0.812. The topological polar surface area (TPSA) is 122 Å². The summed E-state index contributed by atoms with van der Waals surface area (Å²) in [5.74, 6) is -0.931. The summed E-state index contributed by atoms with van der Waals surface area (Å²) >= 11 is 0. The van der Waals surface area contributed by atoms with Crippen LogP contribution in [-0.2, 0) is 14.4 Å². The molecule has 0 bridgehead atoms. The zero-order valence-electron chi connectivity index (χ0n) is 14.1. The van der Waals surface area contributed by atoms with Crippen molar-refractivity contribution in [3.8, 4) is 0 Å². The van der Waals surface area contributed by atoms with E-state index < -0.39 is 12.0 Å². The molecule has 1 atom stereocenters. The maximum Gasteiger partial charge on any atom is 0.303 e. The van der Waals surface area contributed by atoms with Crippen molar-refractivity contribution in [3.05, 3.63) is 0 Å². The Kier molecular flexibility index (Phi) is 20.4. The van der Waals surface area contributed by atoms with Crippen molar-refractivity contribution in [1.82, 2.24) is 10.6 Å². The number of rotatable bonds is 16. The minimum Gasteiger partial charge on any atom is -0.520 e. The number of nitrogens with two attached hydrogens (primary N) is 1. The Morgan fingerprint density at radius 3 is 2.04 bits per heavy atom. The summed E-state index contributed by atoms with van der Waals surface area (Å²) in [4.78, 5) is 32.4. The Bertz CT molecular complexity index is 343. The fourth-order valence-electron chi connectivity index (χ4n) is 2.30. The Balaban J connectivity index is 0. The molecule has 0 aromatic heterocycles. The van der Waals surface area contributed by atoms with E-state index in [2.05, 4.69) is 10.6 Å². The van der Waals surface area contributed by atoms with E-state index in [9.17, 15) is 14.4 Å². The summed E-state index contributed by atoms with van der Waals surface area (Å²) in [6.07, 6.45) is 10.4. The van der Waals surface area contributed by atoms with Crippen LogP contribution in [0.4, 0.5) is 0 Å². The number of carbonyl (C=O) groups excluding carboxylic acids is 2. The van der Waals surface area contributed by atoms with Gasteiger partial charge in [0.2, 0.25) is 5.91 Å². The Hall–Kier alpha value is -0.396. The molecule has 0 saturated carbocycles. The first-order chi connectivity index (χ1) is 11.1. The van der Waals surface area contributed by atoms with Gasteiger partial charge < -0.3 is 26.3 Å². The van der Waals surface area contributed by atoms with Gasteiger partial charge in [-0.2, -0.15) is 6.41 Å². The molecule has 8 heteroatoms. The minimum absolute atomic E-state index is 0. The van der Waals surface area contributed by atoms with E-state index in [-0.39, 0.29) is 49.2 Å². The molecule has 0 rings (SSSR count). The van der Waals surface area contributed by atoms with Gasteiger partial charge in [0.15, 0.2) is 0 Å². The predicted molar refractivity (Wildman–Crippen MR) is 88.5 cm³/mol. The maximum absolute atomic E-state index is 11.8. The van der Waals surface area contributed by atoms with Gasteiger partial charge in [-0.25, -0.2) is 0 Å². The molecule has 7 nitrogen and oxygen atoms in total. The molecule has 0 heterocycles. The smallest absolute Gasteiger partial charge is 0.303 e. The Labute approximate surface area is 173 Å². The first-order valence-electron chi connectivity index (χ1n) is 8.44. The van der Waals surface area contributed by atoms with Crippen LogP contribution in [0.25, 0.3) is 0 Å². The van der Waals surface area contributed by atoms with E-state index >= 15 is 0 Å². The third-order valence-electron chi connectivity index (χ3n) is 3.62. The van der Waals surface area contributed by atoms with Crippen molar-refractivity contribution in [2.75, 3.05) is 13.1 Å². The van der Waals surface area contributed by atoms with Gasteiger partial charge in [-0.1, -0.05) is 38.5 Å². The number of carbonyl (C=O) groups is 2. The van der Waals surface area contributed by atoms with Crippen molar-refractivity contribution in [2.24, 2.45) is 5.73 Å². The zero-order valence-corrected chi connectivity index (χ0v) is 15.9. The van der Waals surface area contributed by atoms with Crippen LogP contribution in [0.15, 0.2) is 0 Å². The molecule has 0 saturated heterocycles. The predicted octanol–water partition coefficient (Wildman–Crippen LogP) is 1.07. The number of nitrogens with one attached hydrogen (secondary N) is 2. The van der Waals surface area contributed by atoms with Crippen molar-refractivity contribution < 1.29 is 56.4 Å². The summed E-state index contributed by atoms with van der Waals surface area (Å²) in [7, 11) is 0. The van der Waals surface area contributed by atoms with Crippen molar-refractivity contribution in [2.45, 2.75) is 70.3 Å². The second-order valence-corrected chi connectivity index (χ2v) is 5.64. The largest absolute Gasteiger partial charge is 0.520 e. The first kappa shape index (κ1) is 25.8. The van der Waals surface area contributed by atoms with Crippen LogP contribution in [0.5, 0.6) is 0 Å². The van der Waals surface area contributed by atoms with Crippen LogP contribution in [0, 0.1) is 36.9 Å². The van der Waals surface area contributed by atoms with Gasteiger partial charge in [-0.3, -0.25) is 9.59 Å². The zero-order chi connectivity index (χ0) is 17.3. The molecule has 0 fully saturated rings. The molecular formula is C16H30N3O4Tm-. The fourth-order valence-corrected chi connectivity index (χ4v) is 2.30. The third-order valence-corrected chi connectivity index (χ3v) is 3.62. The van der Waals surface area contributed by atoms with Crippen LogP contribution < -0.4 is 16.4 Å². The summed E-state index contributed by atoms with van der Waals surface area (Å²) in [5, 5.41) is 13.6. The van der Waals surface area contributed by atoms with E-state index in [0.717, 1.165) is 51.4 Å². The molecule has 0 aliphatic heterocycles. The van der Waals surface area contributed by atoms with E-state index in [1.165, 1.54) is 6.41 Å². The SMILES string of the molecule is NCC[C@H](N[C-]=O)C(=O)NCCCCCCCCCCC(=O)O.[Tm]. The summed E-state index contributed by atoms with van der Waals surface area (Å²) in [5.41, 5.74) is 5.39. The van der Waals surface area contributed by atoms with E-state index in [1.54, 1.807) is 0 Å².